The van der Waals surface area contributed by atoms with E-state index in [0.717, 1.165) is 19.6 Å². The first-order valence-electron chi connectivity index (χ1n) is 5.48. The van der Waals surface area contributed by atoms with Gasteiger partial charge in [0.2, 0.25) is 0 Å². The molecule has 1 heterocycles. The van der Waals surface area contributed by atoms with Gasteiger partial charge in [-0.05, 0) is 20.3 Å². The van der Waals surface area contributed by atoms with Crippen molar-refractivity contribution in [3.8, 4) is 0 Å². The van der Waals surface area contributed by atoms with Gasteiger partial charge in [-0.2, -0.15) is 0 Å². The van der Waals surface area contributed by atoms with E-state index in [4.69, 9.17) is 4.74 Å². The standard InChI is InChI=1S/C11H20N2OS/c1-4-10(11-13-6-8-15-11)12-5-7-14-9(2)3/h6,8-10,12H,4-5,7H2,1-3H3. The van der Waals surface area contributed by atoms with Gasteiger partial charge in [0.15, 0.2) is 0 Å². The first kappa shape index (κ1) is 12.6. The maximum absolute atomic E-state index is 5.47. The van der Waals surface area contributed by atoms with Crippen LogP contribution in [0, 0.1) is 0 Å². The fraction of sp³-hybridized carbons (Fsp3) is 0.727. The van der Waals surface area contributed by atoms with E-state index in [-0.39, 0.29) is 0 Å². The van der Waals surface area contributed by atoms with Crippen molar-refractivity contribution in [1.82, 2.24) is 10.3 Å². The van der Waals surface area contributed by atoms with Gasteiger partial charge in [-0.3, -0.25) is 0 Å². The molecule has 0 spiro atoms. The van der Waals surface area contributed by atoms with Crippen LogP contribution in [0.2, 0.25) is 0 Å². The van der Waals surface area contributed by atoms with E-state index >= 15 is 0 Å². The number of thiazole rings is 1. The van der Waals surface area contributed by atoms with Crippen molar-refractivity contribution in [2.45, 2.75) is 39.3 Å². The fourth-order valence-electron chi connectivity index (χ4n) is 1.34. The second-order valence-electron chi connectivity index (χ2n) is 3.70. The Morgan fingerprint density at radius 3 is 2.87 bits per heavy atom. The van der Waals surface area contributed by atoms with Gasteiger partial charge in [-0.15, -0.1) is 11.3 Å². The molecule has 1 aromatic rings. The van der Waals surface area contributed by atoms with Gasteiger partial charge in [0.25, 0.3) is 0 Å². The molecule has 0 aliphatic heterocycles. The second-order valence-corrected chi connectivity index (χ2v) is 4.63. The molecule has 1 atom stereocenters. The summed E-state index contributed by atoms with van der Waals surface area (Å²) in [5, 5.41) is 6.64. The first-order valence-corrected chi connectivity index (χ1v) is 6.36. The molecule has 1 unspecified atom stereocenters. The number of ether oxygens (including phenoxy) is 1. The van der Waals surface area contributed by atoms with E-state index in [1.54, 1.807) is 11.3 Å². The lowest BCUT2D eigenvalue weighted by Crippen LogP contribution is -2.25. The van der Waals surface area contributed by atoms with Gasteiger partial charge in [0, 0.05) is 18.1 Å². The smallest absolute Gasteiger partial charge is 0.109 e. The molecular weight excluding hydrogens is 208 g/mol. The highest BCUT2D eigenvalue weighted by atomic mass is 32.1. The number of rotatable bonds is 7. The van der Waals surface area contributed by atoms with Crippen LogP contribution in [0.15, 0.2) is 11.6 Å². The summed E-state index contributed by atoms with van der Waals surface area (Å²) in [7, 11) is 0. The fourth-order valence-corrected chi connectivity index (χ4v) is 2.14. The quantitative estimate of drug-likeness (QED) is 0.728. The van der Waals surface area contributed by atoms with Crippen LogP contribution in [-0.2, 0) is 4.74 Å². The molecule has 3 nitrogen and oxygen atoms in total. The van der Waals surface area contributed by atoms with Crippen LogP contribution in [0.5, 0.6) is 0 Å². The minimum atomic E-state index is 0.312. The van der Waals surface area contributed by atoms with Gasteiger partial charge >= 0.3 is 0 Å². The molecule has 4 heteroatoms. The van der Waals surface area contributed by atoms with Crippen molar-refractivity contribution in [1.29, 1.82) is 0 Å². The van der Waals surface area contributed by atoms with Crippen molar-refractivity contribution >= 4 is 11.3 Å². The number of hydrogen-bond donors (Lipinski definition) is 1. The Bertz CT molecular complexity index is 249. The van der Waals surface area contributed by atoms with Crippen LogP contribution in [0.4, 0.5) is 0 Å². The summed E-state index contributed by atoms with van der Waals surface area (Å²) in [4.78, 5) is 4.32. The van der Waals surface area contributed by atoms with Crippen LogP contribution in [0.25, 0.3) is 0 Å². The SMILES string of the molecule is CCC(NCCOC(C)C)c1nccs1. The predicted octanol–water partition coefficient (Wildman–Crippen LogP) is 2.61. The van der Waals surface area contributed by atoms with E-state index in [9.17, 15) is 0 Å². The lowest BCUT2D eigenvalue weighted by atomic mass is 10.2. The molecule has 0 amide bonds. The maximum atomic E-state index is 5.47. The van der Waals surface area contributed by atoms with Gasteiger partial charge in [0.05, 0.1) is 18.8 Å². The Balaban J connectivity index is 2.23. The second kappa shape index (κ2) is 6.93. The molecule has 1 aromatic heterocycles. The Hall–Kier alpha value is -0.450. The summed E-state index contributed by atoms with van der Waals surface area (Å²) >= 11 is 1.71. The van der Waals surface area contributed by atoms with E-state index < -0.39 is 0 Å². The highest BCUT2D eigenvalue weighted by Gasteiger charge is 2.10. The molecule has 0 radical (unpaired) electrons. The van der Waals surface area contributed by atoms with Crippen molar-refractivity contribution in [2.75, 3.05) is 13.2 Å². The lowest BCUT2D eigenvalue weighted by Gasteiger charge is -2.15. The normalized spacial score (nSPS) is 13.3. The summed E-state index contributed by atoms with van der Waals surface area (Å²) < 4.78 is 5.47. The Kier molecular flexibility index (Phi) is 5.83. The van der Waals surface area contributed by atoms with Crippen LogP contribution in [0.3, 0.4) is 0 Å². The van der Waals surface area contributed by atoms with Crippen LogP contribution in [-0.4, -0.2) is 24.2 Å². The Labute approximate surface area is 95.9 Å². The molecule has 0 fully saturated rings. The molecule has 0 aromatic carbocycles. The number of nitrogens with one attached hydrogen (secondary N) is 1. The third kappa shape index (κ3) is 4.73. The molecule has 1 rings (SSSR count). The molecule has 1 N–H and O–H groups in total. The van der Waals surface area contributed by atoms with E-state index in [1.165, 1.54) is 5.01 Å². The van der Waals surface area contributed by atoms with E-state index in [1.807, 2.05) is 11.6 Å². The first-order chi connectivity index (χ1) is 7.24. The number of hydrogen-bond acceptors (Lipinski definition) is 4. The molecule has 86 valence electrons. The number of nitrogens with zero attached hydrogens (tertiary/aromatic N) is 1. The van der Waals surface area contributed by atoms with Gasteiger partial charge in [-0.1, -0.05) is 6.92 Å². The maximum Gasteiger partial charge on any atom is 0.109 e. The van der Waals surface area contributed by atoms with Crippen molar-refractivity contribution in [3.05, 3.63) is 16.6 Å². The van der Waals surface area contributed by atoms with Gasteiger partial charge in [-0.25, -0.2) is 4.98 Å². The largest absolute Gasteiger partial charge is 0.377 e. The predicted molar refractivity (Wildman–Crippen MR) is 64.2 cm³/mol. The third-order valence-electron chi connectivity index (χ3n) is 2.10. The van der Waals surface area contributed by atoms with Gasteiger partial charge < -0.3 is 10.1 Å². The Morgan fingerprint density at radius 1 is 1.53 bits per heavy atom. The molecule has 0 saturated heterocycles. The highest BCUT2D eigenvalue weighted by Crippen LogP contribution is 2.18. The summed E-state index contributed by atoms with van der Waals surface area (Å²) in [6.45, 7) is 7.93. The summed E-state index contributed by atoms with van der Waals surface area (Å²) in [6.07, 6.45) is 3.23. The average Bonchev–Trinajstić information content (AvgIpc) is 2.70. The minimum absolute atomic E-state index is 0.312. The Morgan fingerprint density at radius 2 is 2.33 bits per heavy atom. The average molecular weight is 228 g/mol. The summed E-state index contributed by atoms with van der Waals surface area (Å²) in [5.41, 5.74) is 0. The van der Waals surface area contributed by atoms with Crippen molar-refractivity contribution in [3.63, 3.8) is 0 Å². The molecule has 15 heavy (non-hydrogen) atoms. The topological polar surface area (TPSA) is 34.1 Å². The molecule has 0 aliphatic carbocycles. The minimum Gasteiger partial charge on any atom is -0.377 e. The highest BCUT2D eigenvalue weighted by molar-refractivity contribution is 7.09. The molecule has 0 bridgehead atoms. The van der Waals surface area contributed by atoms with Crippen molar-refractivity contribution < 1.29 is 4.74 Å². The zero-order chi connectivity index (χ0) is 11.1. The molecule has 0 aliphatic rings. The van der Waals surface area contributed by atoms with Gasteiger partial charge in [0.1, 0.15) is 5.01 Å². The third-order valence-corrected chi connectivity index (χ3v) is 2.99. The zero-order valence-electron chi connectivity index (χ0n) is 9.69. The molecular formula is C11H20N2OS. The lowest BCUT2D eigenvalue weighted by molar-refractivity contribution is 0.0792. The van der Waals surface area contributed by atoms with E-state index in [0.29, 0.717) is 12.1 Å². The van der Waals surface area contributed by atoms with Crippen molar-refractivity contribution in [2.24, 2.45) is 0 Å². The van der Waals surface area contributed by atoms with Crippen LogP contribution in [0.1, 0.15) is 38.2 Å². The molecule has 0 saturated carbocycles. The summed E-state index contributed by atoms with van der Waals surface area (Å²) in [5.74, 6) is 0. The zero-order valence-corrected chi connectivity index (χ0v) is 10.5. The summed E-state index contributed by atoms with van der Waals surface area (Å²) in [6, 6.07) is 0.376. The van der Waals surface area contributed by atoms with Crippen LogP contribution >= 0.6 is 11.3 Å². The van der Waals surface area contributed by atoms with E-state index in [2.05, 4.69) is 31.1 Å². The van der Waals surface area contributed by atoms with Crippen LogP contribution < -0.4 is 5.32 Å². The monoisotopic (exact) mass is 228 g/mol. The number of aromatic nitrogens is 1.